The number of benzene rings is 1. The van der Waals surface area contributed by atoms with E-state index in [-0.39, 0.29) is 11.8 Å². The highest BCUT2D eigenvalue weighted by molar-refractivity contribution is 7.92. The lowest BCUT2D eigenvalue weighted by molar-refractivity contribution is 0.581. The van der Waals surface area contributed by atoms with Gasteiger partial charge in [0.2, 0.25) is 10.0 Å². The van der Waals surface area contributed by atoms with Crippen LogP contribution in [0.25, 0.3) is 0 Å². The fourth-order valence-corrected chi connectivity index (χ4v) is 4.42. The Kier molecular flexibility index (Phi) is 3.52. The third kappa shape index (κ3) is 2.32. The van der Waals surface area contributed by atoms with Crippen LogP contribution in [0, 0.1) is 0 Å². The molecule has 5 heteroatoms. The fourth-order valence-electron chi connectivity index (χ4n) is 2.47. The van der Waals surface area contributed by atoms with Crippen molar-refractivity contribution in [3.05, 3.63) is 23.8 Å². The zero-order valence-electron chi connectivity index (χ0n) is 10.9. The third-order valence-electron chi connectivity index (χ3n) is 3.31. The second kappa shape index (κ2) is 4.80. The van der Waals surface area contributed by atoms with Crippen LogP contribution in [0.2, 0.25) is 0 Å². The molecule has 0 aliphatic carbocycles. The van der Waals surface area contributed by atoms with E-state index in [2.05, 4.69) is 0 Å². The molecule has 0 spiro atoms. The normalized spacial score (nSPS) is 19.0. The molecular weight excluding hydrogens is 248 g/mol. The minimum atomic E-state index is -3.21. The molecule has 0 bridgehead atoms. The molecule has 0 saturated heterocycles. The maximum Gasteiger partial charge on any atom is 0.235 e. The number of nitrogens with two attached hydrogens (primary N) is 1. The standard InChI is InChI=1S/C13H20N2O2S/c1-3-4-7-18(16,17)15-10(2)8-11-9-12(14)5-6-13(11)15/h5-6,9-10H,3-4,7-8,14H2,1-2H3. The Morgan fingerprint density at radius 3 is 2.83 bits per heavy atom. The number of nitrogens with zero attached hydrogens (tertiary/aromatic N) is 1. The number of hydrogen-bond donors (Lipinski definition) is 1. The highest BCUT2D eigenvalue weighted by Gasteiger charge is 2.34. The summed E-state index contributed by atoms with van der Waals surface area (Å²) in [6.07, 6.45) is 2.33. The van der Waals surface area contributed by atoms with Crippen molar-refractivity contribution in [3.63, 3.8) is 0 Å². The molecular formula is C13H20N2O2S. The quantitative estimate of drug-likeness (QED) is 0.851. The summed E-state index contributed by atoms with van der Waals surface area (Å²) in [6.45, 7) is 3.94. The molecule has 100 valence electrons. The van der Waals surface area contributed by atoms with Crippen molar-refractivity contribution in [1.29, 1.82) is 0 Å². The number of anilines is 2. The van der Waals surface area contributed by atoms with Crippen LogP contribution >= 0.6 is 0 Å². The number of hydrogen-bond acceptors (Lipinski definition) is 3. The summed E-state index contributed by atoms with van der Waals surface area (Å²) < 4.78 is 26.3. The summed E-state index contributed by atoms with van der Waals surface area (Å²) in [6, 6.07) is 5.45. The molecule has 1 aliphatic rings. The Morgan fingerprint density at radius 1 is 1.44 bits per heavy atom. The molecule has 0 fully saturated rings. The van der Waals surface area contributed by atoms with Crippen LogP contribution in [0.1, 0.15) is 32.3 Å². The van der Waals surface area contributed by atoms with Gasteiger partial charge in [0.1, 0.15) is 0 Å². The molecule has 0 radical (unpaired) electrons. The van der Waals surface area contributed by atoms with Gasteiger partial charge in [0.15, 0.2) is 0 Å². The van der Waals surface area contributed by atoms with E-state index in [1.165, 1.54) is 0 Å². The molecule has 0 aromatic heterocycles. The molecule has 2 rings (SSSR count). The first kappa shape index (κ1) is 13.2. The predicted octanol–water partition coefficient (Wildman–Crippen LogP) is 2.15. The van der Waals surface area contributed by atoms with Crippen LogP contribution in [0.3, 0.4) is 0 Å². The summed E-state index contributed by atoms with van der Waals surface area (Å²) in [5.74, 6) is 0.220. The lowest BCUT2D eigenvalue weighted by Gasteiger charge is -2.24. The SMILES string of the molecule is CCCCS(=O)(=O)N1c2ccc(N)cc2CC1C. The van der Waals surface area contributed by atoms with Gasteiger partial charge < -0.3 is 5.73 Å². The molecule has 1 unspecified atom stereocenters. The first-order valence-electron chi connectivity index (χ1n) is 6.36. The van der Waals surface area contributed by atoms with E-state index in [0.717, 1.165) is 24.1 Å². The van der Waals surface area contributed by atoms with Crippen LogP contribution in [-0.2, 0) is 16.4 Å². The van der Waals surface area contributed by atoms with Crippen LogP contribution in [0.15, 0.2) is 18.2 Å². The monoisotopic (exact) mass is 268 g/mol. The van der Waals surface area contributed by atoms with Crippen molar-refractivity contribution in [2.24, 2.45) is 0 Å². The van der Waals surface area contributed by atoms with Crippen molar-refractivity contribution >= 4 is 21.4 Å². The predicted molar refractivity (Wildman–Crippen MR) is 75.2 cm³/mol. The first-order valence-corrected chi connectivity index (χ1v) is 7.97. The van der Waals surface area contributed by atoms with E-state index in [1.54, 1.807) is 10.4 Å². The zero-order chi connectivity index (χ0) is 13.3. The molecule has 2 N–H and O–H groups in total. The zero-order valence-corrected chi connectivity index (χ0v) is 11.7. The van der Waals surface area contributed by atoms with Gasteiger partial charge in [-0.2, -0.15) is 0 Å². The molecule has 18 heavy (non-hydrogen) atoms. The number of sulfonamides is 1. The van der Waals surface area contributed by atoms with Crippen molar-refractivity contribution in [2.45, 2.75) is 39.2 Å². The van der Waals surface area contributed by atoms with Crippen molar-refractivity contribution < 1.29 is 8.42 Å². The highest BCUT2D eigenvalue weighted by atomic mass is 32.2. The number of unbranched alkanes of at least 4 members (excludes halogenated alkanes) is 1. The summed E-state index contributed by atoms with van der Waals surface area (Å²) in [7, 11) is -3.21. The lowest BCUT2D eigenvalue weighted by Crippen LogP contribution is -2.37. The van der Waals surface area contributed by atoms with Gasteiger partial charge in [-0.25, -0.2) is 8.42 Å². The summed E-state index contributed by atoms with van der Waals surface area (Å²) >= 11 is 0. The van der Waals surface area contributed by atoms with Gasteiger partial charge >= 0.3 is 0 Å². The van der Waals surface area contributed by atoms with Gasteiger partial charge in [-0.1, -0.05) is 13.3 Å². The molecule has 4 nitrogen and oxygen atoms in total. The van der Waals surface area contributed by atoms with Gasteiger partial charge in [0, 0.05) is 11.7 Å². The Morgan fingerprint density at radius 2 is 2.17 bits per heavy atom. The van der Waals surface area contributed by atoms with Gasteiger partial charge in [0.05, 0.1) is 11.4 Å². The smallest absolute Gasteiger partial charge is 0.235 e. The van der Waals surface area contributed by atoms with Crippen LogP contribution < -0.4 is 10.0 Å². The summed E-state index contributed by atoms with van der Waals surface area (Å²) in [5.41, 5.74) is 8.26. The van der Waals surface area contributed by atoms with Crippen LogP contribution in [-0.4, -0.2) is 20.2 Å². The van der Waals surface area contributed by atoms with Crippen LogP contribution in [0.4, 0.5) is 11.4 Å². The van der Waals surface area contributed by atoms with Gasteiger partial charge in [-0.15, -0.1) is 0 Å². The van der Waals surface area contributed by atoms with E-state index in [0.29, 0.717) is 12.1 Å². The molecule has 1 aliphatic heterocycles. The van der Waals surface area contributed by atoms with E-state index in [9.17, 15) is 8.42 Å². The Balaban J connectivity index is 2.36. The van der Waals surface area contributed by atoms with Gasteiger partial charge in [0.25, 0.3) is 0 Å². The molecule has 0 amide bonds. The lowest BCUT2D eigenvalue weighted by atomic mass is 10.1. The maximum absolute atomic E-state index is 12.3. The van der Waals surface area contributed by atoms with Crippen molar-refractivity contribution in [1.82, 2.24) is 0 Å². The molecule has 1 heterocycles. The Hall–Kier alpha value is -1.23. The largest absolute Gasteiger partial charge is 0.399 e. The minimum Gasteiger partial charge on any atom is -0.399 e. The Bertz CT molecular complexity index is 540. The van der Waals surface area contributed by atoms with Crippen molar-refractivity contribution in [3.8, 4) is 0 Å². The third-order valence-corrected chi connectivity index (χ3v) is 5.27. The Labute approximate surface area is 109 Å². The minimum absolute atomic E-state index is 0.0105. The summed E-state index contributed by atoms with van der Waals surface area (Å²) in [5, 5.41) is 0. The van der Waals surface area contributed by atoms with Crippen LogP contribution in [0.5, 0.6) is 0 Å². The van der Waals surface area contributed by atoms with E-state index < -0.39 is 10.0 Å². The topological polar surface area (TPSA) is 63.4 Å². The number of rotatable bonds is 4. The fraction of sp³-hybridized carbons (Fsp3) is 0.538. The molecule has 1 atom stereocenters. The van der Waals surface area contributed by atoms with E-state index in [4.69, 9.17) is 5.73 Å². The molecule has 1 aromatic carbocycles. The van der Waals surface area contributed by atoms with Crippen molar-refractivity contribution in [2.75, 3.05) is 15.8 Å². The highest BCUT2D eigenvalue weighted by Crippen LogP contribution is 2.35. The summed E-state index contributed by atoms with van der Waals surface area (Å²) in [4.78, 5) is 0. The maximum atomic E-state index is 12.3. The van der Waals surface area contributed by atoms with E-state index in [1.807, 2.05) is 26.0 Å². The molecule has 1 aromatic rings. The molecule has 0 saturated carbocycles. The number of fused-ring (bicyclic) bond motifs is 1. The number of nitrogen functional groups attached to an aromatic ring is 1. The second-order valence-electron chi connectivity index (χ2n) is 4.91. The average molecular weight is 268 g/mol. The van der Waals surface area contributed by atoms with Gasteiger partial charge in [-0.3, -0.25) is 4.31 Å². The van der Waals surface area contributed by atoms with E-state index >= 15 is 0 Å². The average Bonchev–Trinajstić information content (AvgIpc) is 2.62. The first-order chi connectivity index (χ1) is 8.45. The van der Waals surface area contributed by atoms with Gasteiger partial charge in [-0.05, 0) is 43.5 Å². The second-order valence-corrected chi connectivity index (χ2v) is 6.87.